The number of allylic oxidation sites excluding steroid dienone is 5. The van der Waals surface area contributed by atoms with E-state index in [0.717, 1.165) is 35.6 Å². The molecule has 1 aromatic carbocycles. The van der Waals surface area contributed by atoms with Crippen molar-refractivity contribution in [2.45, 2.75) is 52.2 Å². The molecule has 0 bridgehead atoms. The second kappa shape index (κ2) is 9.78. The maximum atomic E-state index is 13.3. The molecule has 164 valence electrons. The number of carbonyl (C=O) groups excluding carboxylic acids is 1. The van der Waals surface area contributed by atoms with Gasteiger partial charge in [-0.3, -0.25) is 4.79 Å². The molecule has 0 aliphatic heterocycles. The molecule has 0 unspecified atom stereocenters. The molecule has 6 nitrogen and oxygen atoms in total. The van der Waals surface area contributed by atoms with Gasteiger partial charge in [-0.05, 0) is 47.6 Å². The van der Waals surface area contributed by atoms with Gasteiger partial charge in [0, 0.05) is 25.1 Å². The van der Waals surface area contributed by atoms with E-state index in [4.69, 9.17) is 9.63 Å². The number of alkyl halides is 2. The van der Waals surface area contributed by atoms with Crippen molar-refractivity contribution in [1.82, 2.24) is 15.5 Å². The minimum absolute atomic E-state index is 0.109. The SMILES string of the molecule is CCc1cc(-c2noc(CO)n2)ccc1CNC(=O)/C=C/C1=CC=C(C(C)(F)F)CC1. The van der Waals surface area contributed by atoms with Gasteiger partial charge >= 0.3 is 0 Å². The first-order valence-electron chi connectivity index (χ1n) is 10.1. The molecular formula is C23H25F2N3O3. The zero-order chi connectivity index (χ0) is 22.4. The summed E-state index contributed by atoms with van der Waals surface area (Å²) in [4.78, 5) is 16.3. The predicted octanol–water partition coefficient (Wildman–Crippen LogP) is 4.27. The number of benzene rings is 1. The molecule has 0 fully saturated rings. The monoisotopic (exact) mass is 429 g/mol. The quantitative estimate of drug-likeness (QED) is 0.612. The van der Waals surface area contributed by atoms with Crippen LogP contribution in [0.25, 0.3) is 11.4 Å². The Labute approximate surface area is 179 Å². The molecule has 1 aliphatic carbocycles. The minimum Gasteiger partial charge on any atom is -0.387 e. The lowest BCUT2D eigenvalue weighted by Crippen LogP contribution is -2.21. The van der Waals surface area contributed by atoms with Crippen LogP contribution >= 0.6 is 0 Å². The van der Waals surface area contributed by atoms with Crippen molar-refractivity contribution in [3.8, 4) is 11.4 Å². The van der Waals surface area contributed by atoms with E-state index in [-0.39, 0.29) is 30.4 Å². The Morgan fingerprint density at radius 3 is 2.71 bits per heavy atom. The van der Waals surface area contributed by atoms with Crippen molar-refractivity contribution in [2.75, 3.05) is 0 Å². The molecule has 0 saturated carbocycles. The lowest BCUT2D eigenvalue weighted by Gasteiger charge is -2.18. The number of aromatic nitrogens is 2. The average Bonchev–Trinajstić information content (AvgIpc) is 3.25. The molecule has 1 amide bonds. The van der Waals surface area contributed by atoms with Gasteiger partial charge in [-0.2, -0.15) is 4.98 Å². The number of nitrogens with zero attached hydrogens (tertiary/aromatic N) is 2. The van der Waals surface area contributed by atoms with Gasteiger partial charge in [-0.15, -0.1) is 0 Å². The lowest BCUT2D eigenvalue weighted by atomic mass is 9.94. The van der Waals surface area contributed by atoms with Crippen molar-refractivity contribution in [3.05, 3.63) is 70.7 Å². The highest BCUT2D eigenvalue weighted by molar-refractivity contribution is 5.88. The highest BCUT2D eigenvalue weighted by atomic mass is 19.3. The van der Waals surface area contributed by atoms with Crippen molar-refractivity contribution >= 4 is 5.91 Å². The average molecular weight is 429 g/mol. The number of aliphatic hydroxyl groups is 1. The van der Waals surface area contributed by atoms with Crippen LogP contribution in [0.3, 0.4) is 0 Å². The third kappa shape index (κ3) is 5.95. The Bertz CT molecular complexity index is 1030. The summed E-state index contributed by atoms with van der Waals surface area (Å²) in [5.74, 6) is -2.51. The molecule has 0 radical (unpaired) electrons. The summed E-state index contributed by atoms with van der Waals surface area (Å²) in [6.07, 6.45) is 7.67. The van der Waals surface area contributed by atoms with Crippen LogP contribution in [-0.4, -0.2) is 27.1 Å². The van der Waals surface area contributed by atoms with Crippen LogP contribution in [0.2, 0.25) is 0 Å². The molecule has 0 atom stereocenters. The third-order valence-electron chi connectivity index (χ3n) is 5.10. The molecule has 3 rings (SSSR count). The fraction of sp³-hybridized carbons (Fsp3) is 0.348. The Hall–Kier alpha value is -3.13. The minimum atomic E-state index is -2.81. The van der Waals surface area contributed by atoms with Gasteiger partial charge < -0.3 is 14.9 Å². The van der Waals surface area contributed by atoms with Gasteiger partial charge in [-0.1, -0.05) is 42.4 Å². The highest BCUT2D eigenvalue weighted by Crippen LogP contribution is 2.31. The standard InChI is InChI=1S/C23H25F2N3O3/c1-3-16-12-17(22-27-21(14-29)31-28-22)7-8-18(16)13-26-20(30)11-6-15-4-9-19(10-5-15)23(2,24)25/h4,6-9,11-12,29H,3,5,10,13-14H2,1-2H3,(H,26,30)/b11-6+. The number of hydrogen-bond acceptors (Lipinski definition) is 5. The van der Waals surface area contributed by atoms with E-state index in [9.17, 15) is 13.6 Å². The Balaban J connectivity index is 1.60. The summed E-state index contributed by atoms with van der Waals surface area (Å²) in [7, 11) is 0. The molecule has 2 N–H and O–H groups in total. The van der Waals surface area contributed by atoms with Crippen LogP contribution < -0.4 is 5.32 Å². The first-order chi connectivity index (χ1) is 14.8. The number of aliphatic hydroxyl groups excluding tert-OH is 1. The molecule has 0 saturated heterocycles. The van der Waals surface area contributed by atoms with Crippen LogP contribution in [0.1, 0.15) is 43.7 Å². The zero-order valence-electron chi connectivity index (χ0n) is 17.5. The fourth-order valence-corrected chi connectivity index (χ4v) is 3.28. The van der Waals surface area contributed by atoms with E-state index < -0.39 is 5.92 Å². The van der Waals surface area contributed by atoms with E-state index in [1.807, 2.05) is 25.1 Å². The van der Waals surface area contributed by atoms with Crippen LogP contribution in [0.15, 0.2) is 58.2 Å². The van der Waals surface area contributed by atoms with E-state index >= 15 is 0 Å². The Morgan fingerprint density at radius 2 is 2.10 bits per heavy atom. The lowest BCUT2D eigenvalue weighted by molar-refractivity contribution is -0.116. The zero-order valence-corrected chi connectivity index (χ0v) is 17.5. The second-order valence-electron chi connectivity index (χ2n) is 7.38. The molecule has 31 heavy (non-hydrogen) atoms. The van der Waals surface area contributed by atoms with Crippen LogP contribution in [-0.2, 0) is 24.4 Å². The first-order valence-corrected chi connectivity index (χ1v) is 10.1. The van der Waals surface area contributed by atoms with Crippen LogP contribution in [0.4, 0.5) is 8.78 Å². The van der Waals surface area contributed by atoms with Gasteiger partial charge in [-0.25, -0.2) is 8.78 Å². The number of rotatable bonds is 8. The fourth-order valence-electron chi connectivity index (χ4n) is 3.28. The largest absolute Gasteiger partial charge is 0.387 e. The van der Waals surface area contributed by atoms with Crippen LogP contribution in [0, 0.1) is 0 Å². The number of nitrogens with one attached hydrogen (secondary N) is 1. The molecule has 1 aromatic heterocycles. The maximum Gasteiger partial charge on any atom is 0.266 e. The third-order valence-corrected chi connectivity index (χ3v) is 5.10. The number of halogens is 2. The van der Waals surface area contributed by atoms with Gasteiger partial charge in [0.15, 0.2) is 0 Å². The summed E-state index contributed by atoms with van der Waals surface area (Å²) in [5.41, 5.74) is 3.71. The molecular weight excluding hydrogens is 404 g/mol. The second-order valence-corrected chi connectivity index (χ2v) is 7.38. The van der Waals surface area contributed by atoms with Gasteiger partial charge in [0.05, 0.1) is 0 Å². The van der Waals surface area contributed by atoms with Gasteiger partial charge in [0.1, 0.15) is 6.61 Å². The summed E-state index contributed by atoms with van der Waals surface area (Å²) in [5, 5.41) is 15.8. The summed E-state index contributed by atoms with van der Waals surface area (Å²) in [6, 6.07) is 5.67. The Morgan fingerprint density at radius 1 is 1.29 bits per heavy atom. The molecule has 8 heteroatoms. The van der Waals surface area contributed by atoms with Crippen molar-refractivity contribution < 1.29 is 23.2 Å². The van der Waals surface area contributed by atoms with Crippen molar-refractivity contribution in [1.29, 1.82) is 0 Å². The van der Waals surface area contributed by atoms with Crippen molar-refractivity contribution in [2.24, 2.45) is 0 Å². The summed E-state index contributed by atoms with van der Waals surface area (Å²) >= 11 is 0. The predicted molar refractivity (Wildman–Crippen MR) is 112 cm³/mol. The molecule has 2 aromatic rings. The highest BCUT2D eigenvalue weighted by Gasteiger charge is 2.27. The normalized spacial score (nSPS) is 14.5. The number of hydrogen-bond donors (Lipinski definition) is 2. The van der Waals surface area contributed by atoms with E-state index in [1.54, 1.807) is 12.2 Å². The van der Waals surface area contributed by atoms with E-state index in [1.165, 1.54) is 12.2 Å². The van der Waals surface area contributed by atoms with Gasteiger partial charge in [0.2, 0.25) is 11.7 Å². The number of carbonyl (C=O) groups is 1. The summed E-state index contributed by atoms with van der Waals surface area (Å²) < 4.78 is 31.5. The smallest absolute Gasteiger partial charge is 0.266 e. The number of amides is 1. The molecule has 1 heterocycles. The molecule has 1 aliphatic rings. The van der Waals surface area contributed by atoms with Crippen molar-refractivity contribution in [3.63, 3.8) is 0 Å². The number of aryl methyl sites for hydroxylation is 1. The van der Waals surface area contributed by atoms with Gasteiger partial charge in [0.25, 0.3) is 11.8 Å². The van der Waals surface area contributed by atoms with E-state index in [0.29, 0.717) is 18.8 Å². The maximum absolute atomic E-state index is 13.3. The molecule has 0 spiro atoms. The topological polar surface area (TPSA) is 88.2 Å². The first kappa shape index (κ1) is 22.6. The Kier molecular flexibility index (Phi) is 7.12. The van der Waals surface area contributed by atoms with E-state index in [2.05, 4.69) is 15.5 Å². The van der Waals surface area contributed by atoms with Crippen LogP contribution in [0.5, 0.6) is 0 Å². The summed E-state index contributed by atoms with van der Waals surface area (Å²) in [6.45, 7) is 2.94.